The number of rotatable bonds is 7. The van der Waals surface area contributed by atoms with Gasteiger partial charge < -0.3 is 19.1 Å². The number of carboxylic acid groups (broad SMARTS) is 1. The molecule has 0 spiro atoms. The van der Waals surface area contributed by atoms with Crippen molar-refractivity contribution < 1.29 is 24.2 Å². The van der Waals surface area contributed by atoms with E-state index < -0.39 is 18.0 Å². The van der Waals surface area contributed by atoms with Crippen LogP contribution in [-0.4, -0.2) is 39.9 Å². The monoisotopic (exact) mass is 571 g/mol. The summed E-state index contributed by atoms with van der Waals surface area (Å²) in [6, 6.07) is 15.2. The lowest BCUT2D eigenvalue weighted by Crippen LogP contribution is -2.39. The Morgan fingerprint density at radius 1 is 1.07 bits per heavy atom. The van der Waals surface area contributed by atoms with Crippen molar-refractivity contribution in [3.8, 4) is 11.4 Å². The highest BCUT2D eigenvalue weighted by atomic mass is 32.1. The summed E-state index contributed by atoms with van der Waals surface area (Å²) in [4.78, 5) is 43.5. The zero-order valence-corrected chi connectivity index (χ0v) is 24.1. The number of hydrogen-bond acceptors (Lipinski definition) is 7. The van der Waals surface area contributed by atoms with Gasteiger partial charge >= 0.3 is 11.9 Å². The van der Waals surface area contributed by atoms with Gasteiger partial charge in [0.2, 0.25) is 0 Å². The molecule has 2 aromatic heterocycles. The molecular formula is C31H29N3O6S. The minimum Gasteiger partial charge on any atom is -0.497 e. The molecule has 0 aliphatic carbocycles. The Morgan fingerprint density at radius 2 is 1.76 bits per heavy atom. The molecule has 41 heavy (non-hydrogen) atoms. The summed E-state index contributed by atoms with van der Waals surface area (Å²) in [7, 11) is 1.58. The predicted molar refractivity (Wildman–Crippen MR) is 156 cm³/mol. The Morgan fingerprint density at radius 3 is 2.37 bits per heavy atom. The van der Waals surface area contributed by atoms with Crippen molar-refractivity contribution in [2.75, 3.05) is 13.7 Å². The normalized spacial score (nSPS) is 15.0. The number of thiazole rings is 1. The molecule has 2 aromatic carbocycles. The second-order valence-corrected chi connectivity index (χ2v) is 10.6. The van der Waals surface area contributed by atoms with Gasteiger partial charge in [-0.15, -0.1) is 0 Å². The number of esters is 1. The van der Waals surface area contributed by atoms with Crippen LogP contribution >= 0.6 is 11.3 Å². The second kappa shape index (κ2) is 11.1. The number of aromatic carboxylic acids is 1. The highest BCUT2D eigenvalue weighted by Gasteiger charge is 2.33. The molecule has 1 unspecified atom stereocenters. The summed E-state index contributed by atoms with van der Waals surface area (Å²) in [5.74, 6) is -0.836. The zero-order valence-electron chi connectivity index (χ0n) is 23.3. The van der Waals surface area contributed by atoms with Crippen molar-refractivity contribution in [3.05, 3.63) is 114 Å². The molecule has 1 N–H and O–H groups in total. The van der Waals surface area contributed by atoms with Crippen LogP contribution in [0.2, 0.25) is 0 Å². The molecule has 10 heteroatoms. The molecule has 0 fully saturated rings. The van der Waals surface area contributed by atoms with Crippen LogP contribution in [0.5, 0.6) is 5.75 Å². The lowest BCUT2D eigenvalue weighted by molar-refractivity contribution is -0.139. The van der Waals surface area contributed by atoms with Crippen molar-refractivity contribution >= 4 is 29.4 Å². The van der Waals surface area contributed by atoms with Gasteiger partial charge in [-0.2, -0.15) is 0 Å². The fourth-order valence-electron chi connectivity index (χ4n) is 5.12. The quantitative estimate of drug-likeness (QED) is 0.337. The van der Waals surface area contributed by atoms with Crippen LogP contribution in [0.1, 0.15) is 52.8 Å². The van der Waals surface area contributed by atoms with Crippen molar-refractivity contribution in [3.63, 3.8) is 0 Å². The summed E-state index contributed by atoms with van der Waals surface area (Å²) in [5.41, 5.74) is 4.99. The maximum absolute atomic E-state index is 14.0. The molecule has 210 valence electrons. The van der Waals surface area contributed by atoms with Gasteiger partial charge in [0.25, 0.3) is 5.56 Å². The molecule has 1 aliphatic heterocycles. The van der Waals surface area contributed by atoms with Crippen LogP contribution in [0.3, 0.4) is 0 Å². The summed E-state index contributed by atoms with van der Waals surface area (Å²) >= 11 is 1.26. The largest absolute Gasteiger partial charge is 0.497 e. The minimum atomic E-state index is -0.983. The van der Waals surface area contributed by atoms with Gasteiger partial charge in [0, 0.05) is 17.1 Å². The molecular weight excluding hydrogens is 542 g/mol. The van der Waals surface area contributed by atoms with E-state index in [4.69, 9.17) is 9.47 Å². The average molecular weight is 572 g/mol. The van der Waals surface area contributed by atoms with E-state index in [1.54, 1.807) is 61.9 Å². The van der Waals surface area contributed by atoms with Gasteiger partial charge in [-0.1, -0.05) is 23.5 Å². The third-order valence-electron chi connectivity index (χ3n) is 7.08. The molecule has 0 bridgehead atoms. The Bertz CT molecular complexity index is 1880. The van der Waals surface area contributed by atoms with Gasteiger partial charge in [0.1, 0.15) is 5.75 Å². The van der Waals surface area contributed by atoms with Gasteiger partial charge in [0.15, 0.2) is 4.80 Å². The number of methoxy groups -OCH3 is 1. The molecule has 4 aromatic rings. The first-order chi connectivity index (χ1) is 19.6. The molecule has 0 saturated heterocycles. The van der Waals surface area contributed by atoms with E-state index in [1.165, 1.54) is 11.3 Å². The Kier molecular flexibility index (Phi) is 7.51. The smallest absolute Gasteiger partial charge is 0.338 e. The average Bonchev–Trinajstić information content (AvgIpc) is 3.41. The van der Waals surface area contributed by atoms with E-state index in [1.807, 2.05) is 42.7 Å². The number of aromatic nitrogens is 2. The molecule has 0 amide bonds. The number of ether oxygens (including phenoxy) is 2. The fourth-order valence-corrected chi connectivity index (χ4v) is 6.16. The van der Waals surface area contributed by atoms with E-state index in [2.05, 4.69) is 4.99 Å². The van der Waals surface area contributed by atoms with E-state index >= 15 is 0 Å². The van der Waals surface area contributed by atoms with Crippen LogP contribution in [-0.2, 0) is 9.53 Å². The van der Waals surface area contributed by atoms with Gasteiger partial charge in [0.05, 0.1) is 41.1 Å². The number of allylic oxidation sites excluding steroid dienone is 1. The fraction of sp³-hybridized carbons (Fsp3) is 0.226. The van der Waals surface area contributed by atoms with Gasteiger partial charge in [-0.25, -0.2) is 14.6 Å². The Labute approximate surface area is 239 Å². The van der Waals surface area contributed by atoms with E-state index in [0.29, 0.717) is 26.4 Å². The summed E-state index contributed by atoms with van der Waals surface area (Å²) in [6.07, 6.45) is 1.84. The molecule has 9 nitrogen and oxygen atoms in total. The number of carbonyl (C=O) groups is 2. The lowest BCUT2D eigenvalue weighted by atomic mass is 9.96. The molecule has 1 atom stereocenters. The van der Waals surface area contributed by atoms with E-state index in [9.17, 15) is 19.5 Å². The third-order valence-corrected chi connectivity index (χ3v) is 8.06. The topological polar surface area (TPSA) is 112 Å². The molecule has 5 rings (SSSR count). The van der Waals surface area contributed by atoms with Crippen LogP contribution in [0.4, 0.5) is 0 Å². The van der Waals surface area contributed by atoms with Crippen molar-refractivity contribution in [2.24, 2.45) is 4.99 Å². The maximum Gasteiger partial charge on any atom is 0.338 e. The lowest BCUT2D eigenvalue weighted by Gasteiger charge is -2.24. The van der Waals surface area contributed by atoms with Gasteiger partial charge in [-0.3, -0.25) is 9.36 Å². The SMILES string of the molecule is CCOC(=O)C1=C(C)N=c2s/c(=C/c3cc(C)n(-c4ccc(C(=O)O)cc4)c3C)c(=O)n2C1c1ccc(OC)cc1. The molecule has 1 aliphatic rings. The molecule has 0 saturated carbocycles. The van der Waals surface area contributed by atoms with Crippen LogP contribution in [0, 0.1) is 13.8 Å². The predicted octanol–water partition coefficient (Wildman–Crippen LogP) is 3.91. The van der Waals surface area contributed by atoms with Gasteiger partial charge in [-0.05, 0) is 87.4 Å². The number of carboxylic acids is 1. The standard InChI is InChI=1S/C31H29N3O6S/c1-6-40-30(38)26-18(3)32-31-34(27(26)20-9-13-24(39-5)14-10-20)28(35)25(41-31)16-22-15-17(2)33(19(22)4)23-11-7-21(8-12-23)29(36)37/h7-16,27H,6H2,1-5H3,(H,36,37)/b25-16+. The first-order valence-corrected chi connectivity index (χ1v) is 13.8. The van der Waals surface area contributed by atoms with Crippen molar-refractivity contribution in [2.45, 2.75) is 33.7 Å². The van der Waals surface area contributed by atoms with Crippen molar-refractivity contribution in [1.29, 1.82) is 0 Å². The zero-order chi connectivity index (χ0) is 29.4. The van der Waals surface area contributed by atoms with E-state index in [-0.39, 0.29) is 17.7 Å². The maximum atomic E-state index is 14.0. The highest BCUT2D eigenvalue weighted by molar-refractivity contribution is 7.07. The summed E-state index contributed by atoms with van der Waals surface area (Å²) in [5, 5.41) is 9.24. The summed E-state index contributed by atoms with van der Waals surface area (Å²) < 4.78 is 14.7. The Balaban J connectivity index is 1.65. The summed E-state index contributed by atoms with van der Waals surface area (Å²) in [6.45, 7) is 7.59. The van der Waals surface area contributed by atoms with E-state index in [0.717, 1.165) is 28.2 Å². The molecule has 3 heterocycles. The number of fused-ring (bicyclic) bond motifs is 1. The first kappa shape index (κ1) is 27.9. The number of hydrogen-bond donors (Lipinski definition) is 1. The highest BCUT2D eigenvalue weighted by Crippen LogP contribution is 2.31. The second-order valence-electron chi connectivity index (χ2n) is 9.59. The number of aryl methyl sites for hydroxylation is 1. The van der Waals surface area contributed by atoms with Crippen LogP contribution in [0.25, 0.3) is 11.8 Å². The third kappa shape index (κ3) is 5.02. The number of benzene rings is 2. The minimum absolute atomic E-state index is 0.198. The number of nitrogens with zero attached hydrogens (tertiary/aromatic N) is 3. The first-order valence-electron chi connectivity index (χ1n) is 13.0. The van der Waals surface area contributed by atoms with Crippen LogP contribution in [0.15, 0.2) is 75.7 Å². The Hall–Kier alpha value is -4.70. The van der Waals surface area contributed by atoms with Crippen molar-refractivity contribution in [1.82, 2.24) is 9.13 Å². The number of carbonyl (C=O) groups excluding carboxylic acids is 1. The van der Waals surface area contributed by atoms with Crippen LogP contribution < -0.4 is 19.6 Å². The molecule has 0 radical (unpaired) electrons.